The molecule has 0 spiro atoms. The Morgan fingerprint density at radius 3 is 2.79 bits per heavy atom. The summed E-state index contributed by atoms with van der Waals surface area (Å²) in [5.74, 6) is 0.582. The summed E-state index contributed by atoms with van der Waals surface area (Å²) in [5, 5.41) is 21.9. The van der Waals surface area contributed by atoms with Crippen molar-refractivity contribution in [2.24, 2.45) is 0 Å². The molecule has 0 amide bonds. The molecular formula is C15H14N2O2. The molecule has 0 aliphatic heterocycles. The number of phenolic OH excluding ortho intramolecular Hbond substituents is 1. The molecule has 19 heavy (non-hydrogen) atoms. The Morgan fingerprint density at radius 2 is 2.05 bits per heavy atom. The summed E-state index contributed by atoms with van der Waals surface area (Å²) in [5.41, 5.74) is 2.17. The van der Waals surface area contributed by atoms with E-state index >= 15 is 0 Å². The summed E-state index contributed by atoms with van der Waals surface area (Å²) >= 11 is 0. The van der Waals surface area contributed by atoms with E-state index in [-0.39, 0.29) is 5.75 Å². The average molecular weight is 254 g/mol. The Labute approximate surface area is 111 Å². The molecule has 2 aromatic rings. The smallest absolute Gasteiger partial charge is 0.162 e. The summed E-state index contributed by atoms with van der Waals surface area (Å²) < 4.78 is 5.05. The van der Waals surface area contributed by atoms with Crippen molar-refractivity contribution in [3.05, 3.63) is 53.6 Å². The fourth-order valence-corrected chi connectivity index (χ4v) is 1.77. The summed E-state index contributed by atoms with van der Waals surface area (Å²) in [6.07, 6.45) is 0. The monoisotopic (exact) mass is 254 g/mol. The van der Waals surface area contributed by atoms with Crippen LogP contribution in [-0.4, -0.2) is 12.2 Å². The molecule has 2 aromatic carbocycles. The minimum absolute atomic E-state index is 0.133. The zero-order valence-electron chi connectivity index (χ0n) is 10.6. The van der Waals surface area contributed by atoms with Crippen molar-refractivity contribution in [2.45, 2.75) is 6.54 Å². The number of nitrogens with zero attached hydrogens (tertiary/aromatic N) is 1. The van der Waals surface area contributed by atoms with Crippen molar-refractivity contribution < 1.29 is 9.84 Å². The third-order valence-electron chi connectivity index (χ3n) is 2.78. The highest BCUT2D eigenvalue weighted by molar-refractivity contribution is 5.51. The van der Waals surface area contributed by atoms with Gasteiger partial charge in [0.2, 0.25) is 0 Å². The van der Waals surface area contributed by atoms with Crippen LogP contribution < -0.4 is 10.1 Å². The second-order valence-electron chi connectivity index (χ2n) is 4.01. The topological polar surface area (TPSA) is 65.3 Å². The third-order valence-corrected chi connectivity index (χ3v) is 2.78. The Hall–Kier alpha value is -2.67. The Morgan fingerprint density at radius 1 is 1.26 bits per heavy atom. The fraction of sp³-hybridized carbons (Fsp3) is 0.133. The van der Waals surface area contributed by atoms with Crippen molar-refractivity contribution in [1.29, 1.82) is 5.26 Å². The number of aromatic hydroxyl groups is 1. The first-order valence-corrected chi connectivity index (χ1v) is 5.83. The van der Waals surface area contributed by atoms with Crippen LogP contribution in [-0.2, 0) is 6.54 Å². The van der Waals surface area contributed by atoms with E-state index in [0.29, 0.717) is 17.9 Å². The van der Waals surface area contributed by atoms with E-state index in [2.05, 4.69) is 11.4 Å². The number of hydrogen-bond acceptors (Lipinski definition) is 4. The van der Waals surface area contributed by atoms with Gasteiger partial charge in [0, 0.05) is 17.8 Å². The van der Waals surface area contributed by atoms with E-state index in [1.54, 1.807) is 18.2 Å². The van der Waals surface area contributed by atoms with Crippen LogP contribution in [0.5, 0.6) is 11.5 Å². The maximum Gasteiger partial charge on any atom is 0.162 e. The first-order chi connectivity index (χ1) is 9.24. The molecular weight excluding hydrogens is 240 g/mol. The lowest BCUT2D eigenvalue weighted by molar-refractivity contribution is 0.371. The predicted molar refractivity (Wildman–Crippen MR) is 73.1 cm³/mol. The average Bonchev–Trinajstić information content (AvgIpc) is 2.46. The van der Waals surface area contributed by atoms with E-state index in [0.717, 1.165) is 11.3 Å². The highest BCUT2D eigenvalue weighted by atomic mass is 16.5. The van der Waals surface area contributed by atoms with Gasteiger partial charge in [-0.25, -0.2) is 0 Å². The van der Waals surface area contributed by atoms with Crippen LogP contribution in [0, 0.1) is 11.3 Å². The second kappa shape index (κ2) is 5.78. The number of ether oxygens (including phenoxy) is 1. The SMILES string of the molecule is COc1cccc(CNc2cccc(C#N)c2)c1O. The number of para-hydroxylation sites is 1. The Kier molecular flexibility index (Phi) is 3.89. The molecule has 0 heterocycles. The third kappa shape index (κ3) is 2.96. The number of nitriles is 1. The van der Waals surface area contributed by atoms with Crippen molar-refractivity contribution in [3.63, 3.8) is 0 Å². The molecule has 0 bridgehead atoms. The second-order valence-corrected chi connectivity index (χ2v) is 4.01. The lowest BCUT2D eigenvalue weighted by Gasteiger charge is -2.10. The van der Waals surface area contributed by atoms with E-state index in [4.69, 9.17) is 10.00 Å². The summed E-state index contributed by atoms with van der Waals surface area (Å²) in [6.45, 7) is 0.456. The molecule has 0 aliphatic rings. The van der Waals surface area contributed by atoms with Gasteiger partial charge in [0.05, 0.1) is 18.7 Å². The van der Waals surface area contributed by atoms with Gasteiger partial charge < -0.3 is 15.2 Å². The van der Waals surface area contributed by atoms with Crippen LogP contribution in [0.1, 0.15) is 11.1 Å². The number of nitrogens with one attached hydrogen (secondary N) is 1. The largest absolute Gasteiger partial charge is 0.504 e. The van der Waals surface area contributed by atoms with Crippen LogP contribution in [0.25, 0.3) is 0 Å². The van der Waals surface area contributed by atoms with Crippen LogP contribution in [0.15, 0.2) is 42.5 Å². The molecule has 0 saturated carbocycles. The summed E-state index contributed by atoms with van der Waals surface area (Å²) in [7, 11) is 1.52. The molecule has 2 rings (SSSR count). The van der Waals surface area contributed by atoms with Crippen LogP contribution in [0.2, 0.25) is 0 Å². The quantitative estimate of drug-likeness (QED) is 0.880. The minimum atomic E-state index is 0.133. The molecule has 0 radical (unpaired) electrons. The van der Waals surface area contributed by atoms with Crippen LogP contribution >= 0.6 is 0 Å². The van der Waals surface area contributed by atoms with Gasteiger partial charge >= 0.3 is 0 Å². The highest BCUT2D eigenvalue weighted by Crippen LogP contribution is 2.29. The van der Waals surface area contributed by atoms with Gasteiger partial charge in [-0.2, -0.15) is 5.26 Å². The molecule has 0 unspecified atom stereocenters. The zero-order chi connectivity index (χ0) is 13.7. The number of rotatable bonds is 4. The molecule has 0 fully saturated rings. The summed E-state index contributed by atoms with van der Waals surface area (Å²) in [4.78, 5) is 0. The highest BCUT2D eigenvalue weighted by Gasteiger charge is 2.06. The molecule has 0 saturated heterocycles. The van der Waals surface area contributed by atoms with Crippen LogP contribution in [0.4, 0.5) is 5.69 Å². The van der Waals surface area contributed by atoms with Gasteiger partial charge in [-0.1, -0.05) is 18.2 Å². The van der Waals surface area contributed by atoms with Crippen molar-refractivity contribution >= 4 is 5.69 Å². The molecule has 4 nitrogen and oxygen atoms in total. The standard InChI is InChI=1S/C15H14N2O2/c1-19-14-7-3-5-12(15(14)18)10-17-13-6-2-4-11(8-13)9-16/h2-8,17-18H,10H2,1H3. The van der Waals surface area contributed by atoms with Gasteiger partial charge in [0.25, 0.3) is 0 Å². The van der Waals surface area contributed by atoms with Gasteiger partial charge in [0.15, 0.2) is 11.5 Å². The van der Waals surface area contributed by atoms with Crippen molar-refractivity contribution in [2.75, 3.05) is 12.4 Å². The normalized spacial score (nSPS) is 9.68. The number of hydrogen-bond donors (Lipinski definition) is 2. The first-order valence-electron chi connectivity index (χ1n) is 5.83. The van der Waals surface area contributed by atoms with Crippen molar-refractivity contribution in [1.82, 2.24) is 0 Å². The van der Waals surface area contributed by atoms with E-state index in [9.17, 15) is 5.11 Å². The first kappa shape index (κ1) is 12.8. The molecule has 96 valence electrons. The van der Waals surface area contributed by atoms with E-state index in [1.165, 1.54) is 7.11 Å². The zero-order valence-corrected chi connectivity index (χ0v) is 10.6. The molecule has 4 heteroatoms. The number of phenols is 1. The van der Waals surface area contributed by atoms with Crippen LogP contribution in [0.3, 0.4) is 0 Å². The number of methoxy groups -OCH3 is 1. The summed E-state index contributed by atoms with van der Waals surface area (Å²) in [6, 6.07) is 14.6. The van der Waals surface area contributed by atoms with Gasteiger partial charge in [-0.05, 0) is 24.3 Å². The predicted octanol–water partition coefficient (Wildman–Crippen LogP) is 2.88. The fourth-order valence-electron chi connectivity index (χ4n) is 1.77. The Bertz CT molecular complexity index is 618. The Balaban J connectivity index is 2.12. The van der Waals surface area contributed by atoms with Gasteiger partial charge in [-0.15, -0.1) is 0 Å². The molecule has 0 atom stereocenters. The maximum absolute atomic E-state index is 9.95. The lowest BCUT2D eigenvalue weighted by Crippen LogP contribution is -2.00. The minimum Gasteiger partial charge on any atom is -0.504 e. The van der Waals surface area contributed by atoms with Crippen molar-refractivity contribution in [3.8, 4) is 17.6 Å². The van der Waals surface area contributed by atoms with Gasteiger partial charge in [0.1, 0.15) is 0 Å². The molecule has 2 N–H and O–H groups in total. The van der Waals surface area contributed by atoms with E-state index < -0.39 is 0 Å². The maximum atomic E-state index is 9.95. The van der Waals surface area contributed by atoms with E-state index in [1.807, 2.05) is 24.3 Å². The molecule has 0 aliphatic carbocycles. The number of benzene rings is 2. The number of anilines is 1. The lowest BCUT2D eigenvalue weighted by atomic mass is 10.1. The van der Waals surface area contributed by atoms with Gasteiger partial charge in [-0.3, -0.25) is 0 Å². The molecule has 0 aromatic heterocycles.